The summed E-state index contributed by atoms with van der Waals surface area (Å²) in [6.07, 6.45) is 5.04. The molecule has 25 heavy (non-hydrogen) atoms. The third-order valence-electron chi connectivity index (χ3n) is 4.73. The predicted molar refractivity (Wildman–Crippen MR) is 91.5 cm³/mol. The molecule has 1 saturated carbocycles. The van der Waals surface area contributed by atoms with Crippen LogP contribution in [0.25, 0.3) is 0 Å². The predicted octanol–water partition coefficient (Wildman–Crippen LogP) is 2.76. The molecule has 1 heterocycles. The van der Waals surface area contributed by atoms with Gasteiger partial charge in [-0.3, -0.25) is 9.59 Å². The fourth-order valence-corrected chi connectivity index (χ4v) is 3.29. The number of carbonyl (C=O) groups excluding carboxylic acids is 2. The SMILES string of the molecule is C[C@H](NC(=O)COC(=O)C1CCCCC1)c1ccc2c(c1)OCCO2. The third kappa shape index (κ3) is 4.65. The monoisotopic (exact) mass is 347 g/mol. The van der Waals surface area contributed by atoms with Gasteiger partial charge in [0.1, 0.15) is 13.2 Å². The van der Waals surface area contributed by atoms with Crippen LogP contribution in [0.15, 0.2) is 18.2 Å². The topological polar surface area (TPSA) is 73.9 Å². The van der Waals surface area contributed by atoms with Crippen LogP contribution in [0.5, 0.6) is 11.5 Å². The lowest BCUT2D eigenvalue weighted by Gasteiger charge is -2.21. The van der Waals surface area contributed by atoms with Crippen molar-refractivity contribution in [3.63, 3.8) is 0 Å². The van der Waals surface area contributed by atoms with Crippen LogP contribution in [0, 0.1) is 5.92 Å². The Hall–Kier alpha value is -2.24. The number of ether oxygens (including phenoxy) is 3. The van der Waals surface area contributed by atoms with E-state index in [2.05, 4.69) is 5.32 Å². The molecular weight excluding hydrogens is 322 g/mol. The van der Waals surface area contributed by atoms with Gasteiger partial charge in [0.2, 0.25) is 0 Å². The van der Waals surface area contributed by atoms with Gasteiger partial charge >= 0.3 is 5.97 Å². The maximum absolute atomic E-state index is 12.1. The summed E-state index contributed by atoms with van der Waals surface area (Å²) < 4.78 is 16.2. The van der Waals surface area contributed by atoms with Gasteiger partial charge in [-0.1, -0.05) is 25.3 Å². The standard InChI is InChI=1S/C19H25NO5/c1-13(15-7-8-16-17(11-15)24-10-9-23-16)20-18(21)12-25-19(22)14-5-3-2-4-6-14/h7-8,11,13-14H,2-6,9-10,12H2,1H3,(H,20,21)/t13-/m0/s1. The van der Waals surface area contributed by atoms with Crippen molar-refractivity contribution >= 4 is 11.9 Å². The normalized spacial score (nSPS) is 18.3. The maximum atomic E-state index is 12.1. The van der Waals surface area contributed by atoms with E-state index in [0.717, 1.165) is 37.0 Å². The molecule has 136 valence electrons. The Morgan fingerprint density at radius 2 is 1.88 bits per heavy atom. The van der Waals surface area contributed by atoms with Crippen molar-refractivity contribution in [3.05, 3.63) is 23.8 Å². The van der Waals surface area contributed by atoms with Crippen molar-refractivity contribution in [1.29, 1.82) is 0 Å². The molecule has 1 N–H and O–H groups in total. The third-order valence-corrected chi connectivity index (χ3v) is 4.73. The second-order valence-electron chi connectivity index (χ2n) is 6.63. The highest BCUT2D eigenvalue weighted by molar-refractivity contribution is 5.81. The first kappa shape index (κ1) is 17.6. The van der Waals surface area contributed by atoms with E-state index in [-0.39, 0.29) is 30.4 Å². The van der Waals surface area contributed by atoms with Gasteiger partial charge in [0.25, 0.3) is 5.91 Å². The van der Waals surface area contributed by atoms with Crippen LogP contribution in [0.3, 0.4) is 0 Å². The molecule has 0 radical (unpaired) electrons. The van der Waals surface area contributed by atoms with E-state index in [9.17, 15) is 9.59 Å². The Bertz CT molecular complexity index is 624. The smallest absolute Gasteiger partial charge is 0.309 e. The molecule has 0 bridgehead atoms. The van der Waals surface area contributed by atoms with E-state index in [0.29, 0.717) is 19.0 Å². The quantitative estimate of drug-likeness (QED) is 0.829. The number of rotatable bonds is 5. The van der Waals surface area contributed by atoms with E-state index in [1.54, 1.807) is 0 Å². The molecule has 1 aromatic rings. The number of carbonyl (C=O) groups is 2. The Balaban J connectivity index is 1.48. The average molecular weight is 347 g/mol. The summed E-state index contributed by atoms with van der Waals surface area (Å²) in [6.45, 7) is 2.72. The number of hydrogen-bond donors (Lipinski definition) is 1. The van der Waals surface area contributed by atoms with Crippen molar-refractivity contribution in [2.24, 2.45) is 5.92 Å². The van der Waals surface area contributed by atoms with Gasteiger partial charge in [-0.2, -0.15) is 0 Å². The van der Waals surface area contributed by atoms with E-state index >= 15 is 0 Å². The second-order valence-corrected chi connectivity index (χ2v) is 6.63. The van der Waals surface area contributed by atoms with Crippen LogP contribution >= 0.6 is 0 Å². The average Bonchev–Trinajstić information content (AvgIpc) is 2.66. The molecule has 0 spiro atoms. The molecule has 1 fully saturated rings. The van der Waals surface area contributed by atoms with Crippen molar-refractivity contribution in [2.45, 2.75) is 45.1 Å². The number of nitrogens with one attached hydrogen (secondary N) is 1. The minimum absolute atomic E-state index is 0.0447. The van der Waals surface area contributed by atoms with Gasteiger partial charge < -0.3 is 19.5 Å². The molecule has 1 amide bonds. The second kappa shape index (κ2) is 8.23. The van der Waals surface area contributed by atoms with Gasteiger partial charge in [-0.05, 0) is 37.5 Å². The first-order valence-electron chi connectivity index (χ1n) is 8.99. The summed E-state index contributed by atoms with van der Waals surface area (Å²) in [5.41, 5.74) is 0.913. The van der Waals surface area contributed by atoms with Crippen LogP contribution in [0.2, 0.25) is 0 Å². The van der Waals surface area contributed by atoms with Gasteiger partial charge in [0.05, 0.1) is 12.0 Å². The summed E-state index contributed by atoms with van der Waals surface area (Å²) >= 11 is 0. The molecular formula is C19H25NO5. The zero-order valence-electron chi connectivity index (χ0n) is 14.6. The lowest BCUT2D eigenvalue weighted by atomic mass is 9.89. The Kier molecular flexibility index (Phi) is 5.79. The van der Waals surface area contributed by atoms with E-state index in [1.165, 1.54) is 6.42 Å². The number of amides is 1. The van der Waals surface area contributed by atoms with E-state index < -0.39 is 0 Å². The molecule has 2 aliphatic rings. The first-order valence-corrected chi connectivity index (χ1v) is 8.99. The molecule has 3 rings (SSSR count). The number of hydrogen-bond acceptors (Lipinski definition) is 5. The zero-order valence-corrected chi connectivity index (χ0v) is 14.6. The van der Waals surface area contributed by atoms with Gasteiger partial charge in [-0.25, -0.2) is 0 Å². The molecule has 1 aliphatic carbocycles. The highest BCUT2D eigenvalue weighted by Gasteiger charge is 2.23. The van der Waals surface area contributed by atoms with E-state index in [1.807, 2.05) is 25.1 Å². The minimum atomic E-state index is -0.299. The number of esters is 1. The summed E-state index contributed by atoms with van der Waals surface area (Å²) in [6, 6.07) is 5.40. The molecule has 1 aliphatic heterocycles. The molecule has 0 aromatic heterocycles. The largest absolute Gasteiger partial charge is 0.486 e. The molecule has 6 heteroatoms. The Morgan fingerprint density at radius 1 is 1.16 bits per heavy atom. The zero-order chi connectivity index (χ0) is 17.6. The van der Waals surface area contributed by atoms with E-state index in [4.69, 9.17) is 14.2 Å². The first-order chi connectivity index (χ1) is 12.1. The summed E-state index contributed by atoms with van der Waals surface area (Å²) in [7, 11) is 0. The van der Waals surface area contributed by atoms with Crippen molar-refractivity contribution < 1.29 is 23.8 Å². The van der Waals surface area contributed by atoms with Crippen molar-refractivity contribution in [2.75, 3.05) is 19.8 Å². The summed E-state index contributed by atoms with van der Waals surface area (Å²) in [5, 5.41) is 2.85. The van der Waals surface area contributed by atoms with Crippen molar-refractivity contribution in [1.82, 2.24) is 5.32 Å². The minimum Gasteiger partial charge on any atom is -0.486 e. The fourth-order valence-electron chi connectivity index (χ4n) is 3.29. The Labute approximate surface area is 147 Å². The van der Waals surface area contributed by atoms with Gasteiger partial charge in [0, 0.05) is 0 Å². The molecule has 1 aromatic carbocycles. The van der Waals surface area contributed by atoms with Crippen LogP contribution in [0.4, 0.5) is 0 Å². The van der Waals surface area contributed by atoms with Crippen molar-refractivity contribution in [3.8, 4) is 11.5 Å². The molecule has 6 nitrogen and oxygen atoms in total. The highest BCUT2D eigenvalue weighted by Crippen LogP contribution is 2.32. The molecule has 1 atom stereocenters. The maximum Gasteiger partial charge on any atom is 0.309 e. The number of benzene rings is 1. The summed E-state index contributed by atoms with van der Waals surface area (Å²) in [4.78, 5) is 24.0. The van der Waals surface area contributed by atoms with Gasteiger partial charge in [-0.15, -0.1) is 0 Å². The number of fused-ring (bicyclic) bond motifs is 1. The highest BCUT2D eigenvalue weighted by atomic mass is 16.6. The fraction of sp³-hybridized carbons (Fsp3) is 0.579. The van der Waals surface area contributed by atoms with Crippen LogP contribution < -0.4 is 14.8 Å². The lowest BCUT2D eigenvalue weighted by Crippen LogP contribution is -2.32. The van der Waals surface area contributed by atoms with Crippen LogP contribution in [-0.4, -0.2) is 31.7 Å². The molecule has 0 saturated heterocycles. The van der Waals surface area contributed by atoms with Crippen LogP contribution in [0.1, 0.15) is 50.6 Å². The van der Waals surface area contributed by atoms with Crippen LogP contribution in [-0.2, 0) is 14.3 Å². The lowest BCUT2D eigenvalue weighted by molar-refractivity contribution is -0.153. The molecule has 0 unspecified atom stereocenters. The summed E-state index contributed by atoms with van der Waals surface area (Å²) in [5.74, 6) is 0.814. The van der Waals surface area contributed by atoms with Gasteiger partial charge in [0.15, 0.2) is 18.1 Å². The Morgan fingerprint density at radius 3 is 2.64 bits per heavy atom.